The van der Waals surface area contributed by atoms with E-state index >= 15 is 0 Å². The summed E-state index contributed by atoms with van der Waals surface area (Å²) >= 11 is 5.99. The molecule has 0 atom stereocenters. The molecule has 2 aromatic heterocycles. The van der Waals surface area contributed by atoms with Crippen LogP contribution in [0.25, 0.3) is 11.3 Å². The van der Waals surface area contributed by atoms with E-state index in [-0.39, 0.29) is 5.02 Å². The second kappa shape index (κ2) is 6.29. The van der Waals surface area contributed by atoms with Crippen molar-refractivity contribution in [1.82, 2.24) is 15.0 Å². The van der Waals surface area contributed by atoms with Gasteiger partial charge in [0.15, 0.2) is 0 Å². The van der Waals surface area contributed by atoms with Crippen LogP contribution in [0, 0.1) is 12.7 Å². The first kappa shape index (κ1) is 15.9. The minimum absolute atomic E-state index is 0.221. The number of H-pyrrole nitrogens is 1. The van der Waals surface area contributed by atoms with Crippen LogP contribution in [0.5, 0.6) is 0 Å². The summed E-state index contributed by atoms with van der Waals surface area (Å²) in [6.45, 7) is 1.85. The molecule has 0 aliphatic carbocycles. The van der Waals surface area contributed by atoms with Crippen molar-refractivity contribution < 1.29 is 9.18 Å². The molecule has 1 aromatic carbocycles. The van der Waals surface area contributed by atoms with Gasteiger partial charge >= 0.3 is 0 Å². The number of aromatic nitrogens is 3. The first-order valence-electron chi connectivity index (χ1n) is 6.98. The second-order valence-electron chi connectivity index (χ2n) is 5.14. The molecule has 0 aliphatic rings. The molecule has 0 bridgehead atoms. The summed E-state index contributed by atoms with van der Waals surface area (Å²) in [6.07, 6.45) is 3.28. The molecular formula is C16H13ClFN5O. The SMILES string of the molecule is Cc1cnc(Nc2ccc(F)cc2Cl)nc1-c1c[nH]c(C(N)=O)c1. The zero-order valence-corrected chi connectivity index (χ0v) is 13.4. The van der Waals surface area contributed by atoms with Crippen LogP contribution in [0.15, 0.2) is 36.7 Å². The maximum atomic E-state index is 13.1. The predicted octanol–water partition coefficient (Wildman–Crippen LogP) is 3.42. The van der Waals surface area contributed by atoms with Gasteiger partial charge in [-0.3, -0.25) is 4.79 Å². The zero-order valence-electron chi connectivity index (χ0n) is 12.6. The van der Waals surface area contributed by atoms with Crippen molar-refractivity contribution in [3.63, 3.8) is 0 Å². The van der Waals surface area contributed by atoms with Gasteiger partial charge < -0.3 is 16.0 Å². The molecule has 1 amide bonds. The summed E-state index contributed by atoms with van der Waals surface area (Å²) in [7, 11) is 0. The van der Waals surface area contributed by atoms with E-state index < -0.39 is 11.7 Å². The molecule has 2 heterocycles. The number of carbonyl (C=O) groups excluding carboxylic acids is 1. The fourth-order valence-corrected chi connectivity index (χ4v) is 2.39. The Hall–Kier alpha value is -2.93. The van der Waals surface area contributed by atoms with Crippen LogP contribution in [-0.4, -0.2) is 20.9 Å². The van der Waals surface area contributed by atoms with Crippen molar-refractivity contribution in [3.05, 3.63) is 58.8 Å². The summed E-state index contributed by atoms with van der Waals surface area (Å²) in [4.78, 5) is 22.6. The van der Waals surface area contributed by atoms with Crippen molar-refractivity contribution in [2.24, 2.45) is 5.73 Å². The Morgan fingerprint density at radius 2 is 2.17 bits per heavy atom. The average molecular weight is 346 g/mol. The molecule has 0 unspecified atom stereocenters. The lowest BCUT2D eigenvalue weighted by Crippen LogP contribution is -2.10. The molecule has 0 fully saturated rings. The van der Waals surface area contributed by atoms with Crippen LogP contribution in [0.3, 0.4) is 0 Å². The Morgan fingerprint density at radius 1 is 1.38 bits per heavy atom. The largest absolute Gasteiger partial charge is 0.364 e. The van der Waals surface area contributed by atoms with Gasteiger partial charge in [-0.05, 0) is 36.8 Å². The number of hydrogen-bond acceptors (Lipinski definition) is 4. The van der Waals surface area contributed by atoms with E-state index in [1.54, 1.807) is 18.5 Å². The Labute approximate surface area is 141 Å². The highest BCUT2D eigenvalue weighted by Gasteiger charge is 2.12. The smallest absolute Gasteiger partial charge is 0.265 e. The lowest BCUT2D eigenvalue weighted by atomic mass is 10.1. The van der Waals surface area contributed by atoms with Crippen LogP contribution < -0.4 is 11.1 Å². The molecule has 6 nitrogen and oxygen atoms in total. The third-order valence-corrected chi connectivity index (χ3v) is 3.68. The number of amides is 1. The molecule has 8 heteroatoms. The van der Waals surface area contributed by atoms with Crippen molar-refractivity contribution in [1.29, 1.82) is 0 Å². The Bertz CT molecular complexity index is 925. The number of nitrogens with two attached hydrogens (primary N) is 1. The van der Waals surface area contributed by atoms with E-state index in [1.165, 1.54) is 18.2 Å². The molecule has 24 heavy (non-hydrogen) atoms. The van der Waals surface area contributed by atoms with E-state index in [1.807, 2.05) is 6.92 Å². The number of primary amides is 1. The molecule has 0 saturated carbocycles. The number of halogens is 2. The number of nitrogens with one attached hydrogen (secondary N) is 2. The molecule has 0 saturated heterocycles. The molecule has 0 spiro atoms. The second-order valence-corrected chi connectivity index (χ2v) is 5.55. The molecule has 0 radical (unpaired) electrons. The minimum Gasteiger partial charge on any atom is -0.364 e. The maximum absolute atomic E-state index is 13.1. The van der Waals surface area contributed by atoms with Gasteiger partial charge in [0.2, 0.25) is 5.95 Å². The summed E-state index contributed by atoms with van der Waals surface area (Å²) < 4.78 is 13.1. The first-order valence-corrected chi connectivity index (χ1v) is 7.36. The molecule has 3 rings (SSSR count). The summed E-state index contributed by atoms with van der Waals surface area (Å²) in [6, 6.07) is 5.60. The van der Waals surface area contributed by atoms with Crippen LogP contribution in [0.2, 0.25) is 5.02 Å². The molecule has 122 valence electrons. The number of benzene rings is 1. The lowest BCUT2D eigenvalue weighted by molar-refractivity contribution is 0.0996. The zero-order chi connectivity index (χ0) is 17.3. The van der Waals surface area contributed by atoms with Crippen molar-refractivity contribution in [2.75, 3.05) is 5.32 Å². The number of anilines is 2. The monoisotopic (exact) mass is 345 g/mol. The summed E-state index contributed by atoms with van der Waals surface area (Å²) in [5, 5.41) is 3.16. The van der Waals surface area contributed by atoms with E-state index in [0.29, 0.717) is 28.6 Å². The maximum Gasteiger partial charge on any atom is 0.265 e. The summed E-state index contributed by atoms with van der Waals surface area (Å²) in [5.74, 6) is -0.683. The van der Waals surface area contributed by atoms with Gasteiger partial charge in [0.1, 0.15) is 11.5 Å². The highest BCUT2D eigenvalue weighted by molar-refractivity contribution is 6.33. The van der Waals surface area contributed by atoms with Gasteiger partial charge in [-0.2, -0.15) is 0 Å². The molecule has 3 aromatic rings. The number of rotatable bonds is 4. The number of hydrogen-bond donors (Lipinski definition) is 3. The Morgan fingerprint density at radius 3 is 2.83 bits per heavy atom. The average Bonchev–Trinajstić information content (AvgIpc) is 3.02. The third-order valence-electron chi connectivity index (χ3n) is 3.37. The number of aromatic amines is 1. The van der Waals surface area contributed by atoms with E-state index in [0.717, 1.165) is 5.56 Å². The molecule has 0 aliphatic heterocycles. The quantitative estimate of drug-likeness (QED) is 0.675. The fourth-order valence-electron chi connectivity index (χ4n) is 2.18. The van der Waals surface area contributed by atoms with Gasteiger partial charge in [-0.1, -0.05) is 11.6 Å². The number of nitrogens with zero attached hydrogens (tertiary/aromatic N) is 2. The lowest BCUT2D eigenvalue weighted by Gasteiger charge is -2.09. The predicted molar refractivity (Wildman–Crippen MR) is 89.8 cm³/mol. The third kappa shape index (κ3) is 3.21. The fraction of sp³-hybridized carbons (Fsp3) is 0.0625. The van der Waals surface area contributed by atoms with Gasteiger partial charge in [-0.15, -0.1) is 0 Å². The van der Waals surface area contributed by atoms with Gasteiger partial charge in [0.25, 0.3) is 5.91 Å². The van der Waals surface area contributed by atoms with Crippen molar-refractivity contribution in [3.8, 4) is 11.3 Å². The van der Waals surface area contributed by atoms with Crippen LogP contribution in [0.1, 0.15) is 16.1 Å². The van der Waals surface area contributed by atoms with E-state index in [4.69, 9.17) is 17.3 Å². The van der Waals surface area contributed by atoms with E-state index in [9.17, 15) is 9.18 Å². The summed E-state index contributed by atoms with van der Waals surface area (Å²) in [5.41, 5.74) is 8.18. The van der Waals surface area contributed by atoms with Crippen molar-refractivity contribution in [2.45, 2.75) is 6.92 Å². The molecular weight excluding hydrogens is 333 g/mol. The van der Waals surface area contributed by atoms with Crippen LogP contribution >= 0.6 is 11.6 Å². The Balaban J connectivity index is 1.94. The highest BCUT2D eigenvalue weighted by Crippen LogP contribution is 2.27. The first-order chi connectivity index (χ1) is 11.4. The van der Waals surface area contributed by atoms with Crippen LogP contribution in [-0.2, 0) is 0 Å². The molecule has 4 N–H and O–H groups in total. The number of carbonyl (C=O) groups is 1. The van der Waals surface area contributed by atoms with Crippen molar-refractivity contribution >= 4 is 29.1 Å². The van der Waals surface area contributed by atoms with Gasteiger partial charge in [0.05, 0.1) is 16.4 Å². The topological polar surface area (TPSA) is 96.7 Å². The van der Waals surface area contributed by atoms with Crippen LogP contribution in [0.4, 0.5) is 16.0 Å². The van der Waals surface area contributed by atoms with E-state index in [2.05, 4.69) is 20.3 Å². The standard InChI is InChI=1S/C16H13ClFN5O/c1-8-6-21-16(22-12-3-2-10(18)5-11(12)17)23-14(8)9-4-13(15(19)24)20-7-9/h2-7,20H,1H3,(H2,19,24)(H,21,22,23). The normalized spacial score (nSPS) is 10.6. The van der Waals surface area contributed by atoms with Gasteiger partial charge in [0, 0.05) is 18.0 Å². The van der Waals surface area contributed by atoms with Gasteiger partial charge in [-0.25, -0.2) is 14.4 Å². The minimum atomic E-state index is -0.551. The Kier molecular flexibility index (Phi) is 4.18. The highest BCUT2D eigenvalue weighted by atomic mass is 35.5. The number of aryl methyl sites for hydroxylation is 1.